The van der Waals surface area contributed by atoms with Crippen LogP contribution in [-0.2, 0) is 4.79 Å². The molecule has 1 saturated heterocycles. The molecule has 0 atom stereocenters. The van der Waals surface area contributed by atoms with E-state index in [-0.39, 0.29) is 17.9 Å². The molecule has 0 aliphatic carbocycles. The number of carbonyl (C=O) groups excluding carboxylic acids is 2. The number of amides is 2. The fourth-order valence-corrected chi connectivity index (χ4v) is 2.43. The summed E-state index contributed by atoms with van der Waals surface area (Å²) in [7, 11) is 1.83. The van der Waals surface area contributed by atoms with Gasteiger partial charge in [0.1, 0.15) is 0 Å². The summed E-state index contributed by atoms with van der Waals surface area (Å²) in [6.45, 7) is 3.05. The van der Waals surface area contributed by atoms with Crippen molar-refractivity contribution in [3.05, 3.63) is 30.1 Å². The van der Waals surface area contributed by atoms with Gasteiger partial charge in [-0.25, -0.2) is 0 Å². The quantitative estimate of drug-likeness (QED) is 0.803. The Labute approximate surface area is 113 Å². The monoisotopic (exact) mass is 261 g/mol. The van der Waals surface area contributed by atoms with Gasteiger partial charge in [0, 0.05) is 51.1 Å². The van der Waals surface area contributed by atoms with Crippen LogP contribution in [-0.4, -0.2) is 52.8 Å². The Bertz CT molecular complexity index is 453. The molecule has 1 aromatic heterocycles. The summed E-state index contributed by atoms with van der Waals surface area (Å²) in [5.74, 6) is 0.130. The van der Waals surface area contributed by atoms with Gasteiger partial charge in [-0.05, 0) is 25.0 Å². The maximum Gasteiger partial charge on any atom is 0.253 e. The van der Waals surface area contributed by atoms with Crippen LogP contribution in [0.4, 0.5) is 0 Å². The summed E-state index contributed by atoms with van der Waals surface area (Å²) in [6, 6.07) is 3.66. The van der Waals surface area contributed by atoms with Gasteiger partial charge in [0.2, 0.25) is 5.91 Å². The maximum atomic E-state index is 12.3. The molecule has 0 N–H and O–H groups in total. The minimum Gasteiger partial charge on any atom is -0.343 e. The number of likely N-dealkylation sites (tertiary alicyclic amines) is 1. The predicted octanol–water partition coefficient (Wildman–Crippen LogP) is 1.16. The number of carbonyl (C=O) groups is 2. The second kappa shape index (κ2) is 5.82. The highest BCUT2D eigenvalue weighted by molar-refractivity contribution is 5.94. The molecular weight excluding hydrogens is 242 g/mol. The molecule has 0 radical (unpaired) electrons. The maximum absolute atomic E-state index is 12.3. The lowest BCUT2D eigenvalue weighted by atomic mass is 10.0. The van der Waals surface area contributed by atoms with Crippen molar-refractivity contribution in [1.82, 2.24) is 14.8 Å². The third kappa shape index (κ3) is 3.10. The van der Waals surface area contributed by atoms with Crippen molar-refractivity contribution in [1.29, 1.82) is 0 Å². The van der Waals surface area contributed by atoms with Crippen molar-refractivity contribution < 1.29 is 9.59 Å². The van der Waals surface area contributed by atoms with Gasteiger partial charge >= 0.3 is 0 Å². The lowest BCUT2D eigenvalue weighted by Gasteiger charge is -2.36. The van der Waals surface area contributed by atoms with Gasteiger partial charge in [0.25, 0.3) is 5.91 Å². The Hall–Kier alpha value is -1.91. The molecule has 19 heavy (non-hydrogen) atoms. The third-order valence-electron chi connectivity index (χ3n) is 3.71. The van der Waals surface area contributed by atoms with Gasteiger partial charge in [-0.1, -0.05) is 0 Å². The van der Waals surface area contributed by atoms with Crippen LogP contribution in [0.2, 0.25) is 0 Å². The molecule has 1 fully saturated rings. The van der Waals surface area contributed by atoms with Crippen LogP contribution in [0.25, 0.3) is 0 Å². The molecule has 2 heterocycles. The van der Waals surface area contributed by atoms with E-state index < -0.39 is 0 Å². The first kappa shape index (κ1) is 13.5. The van der Waals surface area contributed by atoms with E-state index in [0.717, 1.165) is 25.9 Å². The molecule has 1 aliphatic heterocycles. The van der Waals surface area contributed by atoms with Crippen molar-refractivity contribution in [2.24, 2.45) is 0 Å². The molecule has 0 saturated carbocycles. The van der Waals surface area contributed by atoms with Gasteiger partial charge in [-0.15, -0.1) is 0 Å². The van der Waals surface area contributed by atoms with Crippen molar-refractivity contribution in [2.75, 3.05) is 20.1 Å². The Morgan fingerprint density at radius 1 is 1.26 bits per heavy atom. The number of piperidine rings is 1. The number of rotatable bonds is 2. The number of aromatic nitrogens is 1. The number of nitrogens with zero attached hydrogens (tertiary/aromatic N) is 3. The van der Waals surface area contributed by atoms with E-state index in [1.807, 2.05) is 11.9 Å². The van der Waals surface area contributed by atoms with Crippen LogP contribution in [0.3, 0.4) is 0 Å². The fraction of sp³-hybridized carbons (Fsp3) is 0.500. The minimum atomic E-state index is 0.0173. The lowest BCUT2D eigenvalue weighted by molar-refractivity contribution is -0.130. The van der Waals surface area contributed by atoms with Crippen LogP contribution in [0.1, 0.15) is 30.1 Å². The number of hydrogen-bond donors (Lipinski definition) is 0. The molecule has 1 aromatic rings. The summed E-state index contributed by atoms with van der Waals surface area (Å²) in [5, 5.41) is 0. The summed E-state index contributed by atoms with van der Waals surface area (Å²) >= 11 is 0. The Kier molecular flexibility index (Phi) is 4.14. The molecule has 2 rings (SSSR count). The Morgan fingerprint density at radius 3 is 2.37 bits per heavy atom. The topological polar surface area (TPSA) is 53.5 Å². The summed E-state index contributed by atoms with van der Waals surface area (Å²) in [6.07, 6.45) is 4.93. The van der Waals surface area contributed by atoms with E-state index in [1.54, 1.807) is 36.4 Å². The van der Waals surface area contributed by atoms with Gasteiger partial charge in [-0.3, -0.25) is 14.6 Å². The molecule has 5 nitrogen and oxygen atoms in total. The van der Waals surface area contributed by atoms with E-state index in [9.17, 15) is 9.59 Å². The summed E-state index contributed by atoms with van der Waals surface area (Å²) in [5.41, 5.74) is 0.659. The predicted molar refractivity (Wildman–Crippen MR) is 71.6 cm³/mol. The smallest absolute Gasteiger partial charge is 0.253 e. The zero-order valence-corrected chi connectivity index (χ0v) is 11.4. The molecule has 0 unspecified atom stereocenters. The molecule has 5 heteroatoms. The standard InChI is InChI=1S/C14H19N3O2/c1-11(18)17-9-5-13(6-10-17)16(2)14(19)12-3-7-15-8-4-12/h3-4,7-8,13H,5-6,9-10H2,1-2H3. The molecule has 102 valence electrons. The van der Waals surface area contributed by atoms with E-state index in [4.69, 9.17) is 0 Å². The first-order chi connectivity index (χ1) is 9.09. The molecule has 0 spiro atoms. The number of hydrogen-bond acceptors (Lipinski definition) is 3. The van der Waals surface area contributed by atoms with Gasteiger partial charge in [0.15, 0.2) is 0 Å². The van der Waals surface area contributed by atoms with E-state index >= 15 is 0 Å². The average Bonchev–Trinajstić information content (AvgIpc) is 2.46. The zero-order chi connectivity index (χ0) is 13.8. The average molecular weight is 261 g/mol. The van der Waals surface area contributed by atoms with E-state index in [2.05, 4.69) is 4.98 Å². The fourth-order valence-electron chi connectivity index (χ4n) is 2.43. The highest BCUT2D eigenvalue weighted by atomic mass is 16.2. The summed E-state index contributed by atoms with van der Waals surface area (Å²) < 4.78 is 0. The Balaban J connectivity index is 1.96. The van der Waals surface area contributed by atoms with Crippen molar-refractivity contribution >= 4 is 11.8 Å². The number of pyridine rings is 1. The highest BCUT2D eigenvalue weighted by Gasteiger charge is 2.26. The van der Waals surface area contributed by atoms with Crippen LogP contribution in [0.15, 0.2) is 24.5 Å². The van der Waals surface area contributed by atoms with Crippen molar-refractivity contribution in [2.45, 2.75) is 25.8 Å². The third-order valence-corrected chi connectivity index (χ3v) is 3.71. The first-order valence-corrected chi connectivity index (χ1v) is 6.52. The normalized spacial score (nSPS) is 16.2. The lowest BCUT2D eigenvalue weighted by Crippen LogP contribution is -2.46. The van der Waals surface area contributed by atoms with E-state index in [1.165, 1.54) is 0 Å². The Morgan fingerprint density at radius 2 is 1.84 bits per heavy atom. The van der Waals surface area contributed by atoms with Crippen LogP contribution in [0.5, 0.6) is 0 Å². The highest BCUT2D eigenvalue weighted by Crippen LogP contribution is 2.17. The molecule has 1 aliphatic rings. The molecule has 2 amide bonds. The second-order valence-corrected chi connectivity index (χ2v) is 4.89. The van der Waals surface area contributed by atoms with Crippen LogP contribution < -0.4 is 0 Å². The zero-order valence-electron chi connectivity index (χ0n) is 11.4. The van der Waals surface area contributed by atoms with Gasteiger partial charge < -0.3 is 9.80 Å². The largest absolute Gasteiger partial charge is 0.343 e. The van der Waals surface area contributed by atoms with Crippen LogP contribution >= 0.6 is 0 Å². The van der Waals surface area contributed by atoms with Gasteiger partial charge in [0.05, 0.1) is 0 Å². The van der Waals surface area contributed by atoms with Gasteiger partial charge in [-0.2, -0.15) is 0 Å². The SMILES string of the molecule is CC(=O)N1CCC(N(C)C(=O)c2ccncc2)CC1. The van der Waals surface area contributed by atoms with E-state index in [0.29, 0.717) is 5.56 Å². The van der Waals surface area contributed by atoms with Crippen molar-refractivity contribution in [3.63, 3.8) is 0 Å². The van der Waals surface area contributed by atoms with Crippen LogP contribution in [0, 0.1) is 0 Å². The minimum absolute atomic E-state index is 0.0173. The molecule has 0 aromatic carbocycles. The second-order valence-electron chi connectivity index (χ2n) is 4.89. The first-order valence-electron chi connectivity index (χ1n) is 6.52. The molecule has 0 bridgehead atoms. The molecular formula is C14H19N3O2. The summed E-state index contributed by atoms with van der Waals surface area (Å²) in [4.78, 5) is 31.1. The van der Waals surface area contributed by atoms with Crippen molar-refractivity contribution in [3.8, 4) is 0 Å².